The molecule has 31 heavy (non-hydrogen) atoms. The molecule has 7 nitrogen and oxygen atoms in total. The van der Waals surface area contributed by atoms with Gasteiger partial charge < -0.3 is 24.1 Å². The van der Waals surface area contributed by atoms with Gasteiger partial charge in [-0.05, 0) is 49.1 Å². The Hall–Kier alpha value is -3.22. The van der Waals surface area contributed by atoms with E-state index in [9.17, 15) is 14.7 Å². The van der Waals surface area contributed by atoms with E-state index in [4.69, 9.17) is 23.1 Å². The fraction of sp³-hybridized carbons (Fsp3) is 0.417. The summed E-state index contributed by atoms with van der Waals surface area (Å²) in [6.07, 6.45) is 1.38. The second-order valence-electron chi connectivity index (χ2n) is 7.85. The highest BCUT2D eigenvalue weighted by molar-refractivity contribution is 5.94. The molecule has 4 rings (SSSR count). The summed E-state index contributed by atoms with van der Waals surface area (Å²) in [6.45, 7) is 1.96. The molecule has 1 aliphatic carbocycles. The summed E-state index contributed by atoms with van der Waals surface area (Å²) in [5.41, 5.74) is 1.21. The van der Waals surface area contributed by atoms with E-state index in [1.165, 1.54) is 7.11 Å². The summed E-state index contributed by atoms with van der Waals surface area (Å²) in [7, 11) is -1.42. The highest BCUT2D eigenvalue weighted by atomic mass is 16.5. The standard InChI is InChI=1S/C24H26O7/c1-4-19(24(23(26)27)10-5-11-24)31-20-16(8-9-18(28-2)21(20)29-3)14-6-7-17-15(12-14)13-30-22(17)25/h6-9,12,19H,4-5,10-11,13H2,1-3H3,(H,26,27)/i3D3. The van der Waals surface area contributed by atoms with Crippen molar-refractivity contribution in [3.8, 4) is 28.4 Å². The highest BCUT2D eigenvalue weighted by Gasteiger charge is 2.52. The Labute approximate surface area is 185 Å². The van der Waals surface area contributed by atoms with Gasteiger partial charge in [-0.3, -0.25) is 4.79 Å². The SMILES string of the molecule is [2H]C([2H])([2H])Oc1c(OC)ccc(-c2ccc3c(c2)COC3=O)c1OC(CC)C1(C(=O)O)CCC1. The Morgan fingerprint density at radius 2 is 2.00 bits per heavy atom. The first-order valence-corrected chi connectivity index (χ1v) is 10.2. The second-order valence-corrected chi connectivity index (χ2v) is 7.85. The molecule has 1 N–H and O–H groups in total. The maximum atomic E-state index is 12.2. The summed E-state index contributed by atoms with van der Waals surface area (Å²) in [5.74, 6) is -1.26. The van der Waals surface area contributed by atoms with Gasteiger partial charge in [0.2, 0.25) is 5.75 Å². The van der Waals surface area contributed by atoms with Gasteiger partial charge in [-0.25, -0.2) is 4.79 Å². The number of carbonyl (C=O) groups excluding carboxylic acids is 1. The predicted molar refractivity (Wildman–Crippen MR) is 113 cm³/mol. The molecule has 1 heterocycles. The van der Waals surface area contributed by atoms with E-state index < -0.39 is 30.5 Å². The number of esters is 1. The molecular formula is C24H26O7. The van der Waals surface area contributed by atoms with Crippen molar-refractivity contribution in [2.45, 2.75) is 45.3 Å². The molecule has 2 aromatic carbocycles. The molecule has 2 aromatic rings. The van der Waals surface area contributed by atoms with Crippen LogP contribution in [0.4, 0.5) is 0 Å². The van der Waals surface area contributed by atoms with Crippen molar-refractivity contribution in [3.63, 3.8) is 0 Å². The molecular weight excluding hydrogens is 400 g/mol. The van der Waals surface area contributed by atoms with E-state index in [0.717, 1.165) is 6.42 Å². The van der Waals surface area contributed by atoms with E-state index >= 15 is 0 Å². The van der Waals surface area contributed by atoms with Crippen molar-refractivity contribution in [2.24, 2.45) is 5.41 Å². The molecule has 1 fully saturated rings. The van der Waals surface area contributed by atoms with E-state index in [1.807, 2.05) is 6.92 Å². The largest absolute Gasteiger partial charge is 0.493 e. The number of cyclic esters (lactones) is 1. The molecule has 0 bridgehead atoms. The van der Waals surface area contributed by atoms with Crippen LogP contribution in [0.15, 0.2) is 30.3 Å². The minimum atomic E-state index is -2.80. The van der Waals surface area contributed by atoms with Gasteiger partial charge in [-0.2, -0.15) is 0 Å². The van der Waals surface area contributed by atoms with Crippen molar-refractivity contribution >= 4 is 11.9 Å². The average molecular weight is 429 g/mol. The van der Waals surface area contributed by atoms with Crippen LogP contribution in [0.3, 0.4) is 0 Å². The predicted octanol–water partition coefficient (Wildman–Crippen LogP) is 4.45. The number of hydrogen-bond acceptors (Lipinski definition) is 6. The molecule has 1 unspecified atom stereocenters. The smallest absolute Gasteiger partial charge is 0.338 e. The Bertz CT molecular complexity index is 1120. The summed E-state index contributed by atoms with van der Waals surface area (Å²) < 4.78 is 45.1. The number of benzene rings is 2. The number of carboxylic acids is 1. The molecule has 0 spiro atoms. The first kappa shape index (κ1) is 17.5. The summed E-state index contributed by atoms with van der Waals surface area (Å²) in [4.78, 5) is 24.0. The minimum Gasteiger partial charge on any atom is -0.493 e. The Morgan fingerprint density at radius 1 is 1.23 bits per heavy atom. The maximum Gasteiger partial charge on any atom is 0.338 e. The lowest BCUT2D eigenvalue weighted by Gasteiger charge is -2.43. The van der Waals surface area contributed by atoms with Crippen LogP contribution in [-0.2, 0) is 16.1 Å². The number of carbonyl (C=O) groups is 2. The molecule has 1 aliphatic heterocycles. The normalized spacial score (nSPS) is 19.0. The zero-order valence-corrected chi connectivity index (χ0v) is 17.4. The molecule has 7 heteroatoms. The lowest BCUT2D eigenvalue weighted by atomic mass is 9.64. The lowest BCUT2D eigenvalue weighted by molar-refractivity contribution is -0.163. The molecule has 0 saturated heterocycles. The van der Waals surface area contributed by atoms with Crippen LogP contribution in [0, 0.1) is 5.41 Å². The number of rotatable bonds is 8. The van der Waals surface area contributed by atoms with Crippen LogP contribution in [0.5, 0.6) is 17.2 Å². The van der Waals surface area contributed by atoms with E-state index in [0.29, 0.717) is 41.5 Å². The summed E-state index contributed by atoms with van der Waals surface area (Å²) in [5, 5.41) is 9.97. The molecule has 1 saturated carbocycles. The van der Waals surface area contributed by atoms with Gasteiger partial charge in [0.1, 0.15) is 18.1 Å². The van der Waals surface area contributed by atoms with Gasteiger partial charge in [0, 0.05) is 11.1 Å². The van der Waals surface area contributed by atoms with E-state index in [2.05, 4.69) is 0 Å². The van der Waals surface area contributed by atoms with Crippen LogP contribution < -0.4 is 14.2 Å². The second kappa shape index (κ2) is 8.13. The number of fused-ring (bicyclic) bond motifs is 1. The Kier molecular flexibility index (Phi) is 4.58. The van der Waals surface area contributed by atoms with Gasteiger partial charge in [0.15, 0.2) is 11.5 Å². The van der Waals surface area contributed by atoms with Gasteiger partial charge in [0.05, 0.1) is 23.8 Å². The van der Waals surface area contributed by atoms with E-state index in [1.54, 1.807) is 30.3 Å². The van der Waals surface area contributed by atoms with Crippen LogP contribution in [0.2, 0.25) is 0 Å². The fourth-order valence-electron chi connectivity index (χ4n) is 4.41. The molecule has 2 aliphatic rings. The van der Waals surface area contributed by atoms with Crippen molar-refractivity contribution in [3.05, 3.63) is 41.5 Å². The van der Waals surface area contributed by atoms with Gasteiger partial charge in [-0.1, -0.05) is 19.4 Å². The lowest BCUT2D eigenvalue weighted by Crippen LogP contribution is -2.50. The number of methoxy groups -OCH3 is 2. The average Bonchev–Trinajstić information content (AvgIpc) is 3.11. The first-order chi connectivity index (χ1) is 16.1. The van der Waals surface area contributed by atoms with Gasteiger partial charge >= 0.3 is 11.9 Å². The third kappa shape index (κ3) is 3.38. The van der Waals surface area contributed by atoms with Crippen molar-refractivity contribution in [1.82, 2.24) is 0 Å². The number of carboxylic acid groups (broad SMARTS) is 1. The van der Waals surface area contributed by atoms with Crippen LogP contribution in [0.25, 0.3) is 11.1 Å². The molecule has 0 radical (unpaired) electrons. The molecule has 1 atom stereocenters. The number of ether oxygens (including phenoxy) is 4. The number of aliphatic carboxylic acids is 1. The minimum absolute atomic E-state index is 0.0834. The summed E-state index contributed by atoms with van der Waals surface area (Å²) in [6, 6.07) is 8.37. The third-order valence-corrected chi connectivity index (χ3v) is 6.31. The molecule has 0 amide bonds. The van der Waals surface area contributed by atoms with Crippen molar-refractivity contribution in [1.29, 1.82) is 0 Å². The van der Waals surface area contributed by atoms with Crippen molar-refractivity contribution < 1.29 is 37.8 Å². The van der Waals surface area contributed by atoms with Crippen LogP contribution in [-0.4, -0.2) is 37.3 Å². The first-order valence-electron chi connectivity index (χ1n) is 11.7. The highest BCUT2D eigenvalue weighted by Crippen LogP contribution is 2.51. The van der Waals surface area contributed by atoms with Crippen molar-refractivity contribution in [2.75, 3.05) is 14.1 Å². The zero-order valence-electron chi connectivity index (χ0n) is 20.4. The van der Waals surface area contributed by atoms with Crippen LogP contribution in [0.1, 0.15) is 52.6 Å². The maximum absolute atomic E-state index is 12.2. The van der Waals surface area contributed by atoms with Crippen LogP contribution >= 0.6 is 0 Å². The Morgan fingerprint density at radius 3 is 2.61 bits per heavy atom. The third-order valence-electron chi connectivity index (χ3n) is 6.31. The zero-order chi connectivity index (χ0) is 24.7. The topological polar surface area (TPSA) is 91.3 Å². The monoisotopic (exact) mass is 429 g/mol. The fourth-order valence-corrected chi connectivity index (χ4v) is 4.41. The molecule has 0 aromatic heterocycles. The van der Waals surface area contributed by atoms with Gasteiger partial charge in [0.25, 0.3) is 0 Å². The number of hydrogen-bond donors (Lipinski definition) is 1. The quantitative estimate of drug-likeness (QED) is 0.620. The Balaban J connectivity index is 1.87. The van der Waals surface area contributed by atoms with Gasteiger partial charge in [-0.15, -0.1) is 0 Å². The van der Waals surface area contributed by atoms with E-state index in [-0.39, 0.29) is 23.9 Å². The summed E-state index contributed by atoms with van der Waals surface area (Å²) >= 11 is 0. The molecule has 164 valence electrons.